The van der Waals surface area contributed by atoms with Gasteiger partial charge in [0.15, 0.2) is 29.7 Å². The molecule has 11 heteroatoms. The van der Waals surface area contributed by atoms with Crippen LogP contribution < -0.4 is 11.2 Å². The highest BCUT2D eigenvalue weighted by Gasteiger charge is 2.65. The van der Waals surface area contributed by atoms with Crippen LogP contribution >= 0.6 is 0 Å². The molecular formula is C26H26N2O9. The van der Waals surface area contributed by atoms with Crippen LogP contribution in [0, 0.1) is 0 Å². The highest BCUT2D eigenvalue weighted by molar-refractivity contribution is 6.05. The summed E-state index contributed by atoms with van der Waals surface area (Å²) < 4.78 is 17.8. The summed E-state index contributed by atoms with van der Waals surface area (Å²) in [5, 5.41) is 23.2. The molecule has 1 fully saturated rings. The second-order valence-electron chi connectivity index (χ2n) is 8.52. The molecule has 11 nitrogen and oxygen atoms in total. The third-order valence-electron chi connectivity index (χ3n) is 6.22. The quantitative estimate of drug-likeness (QED) is 0.278. The Labute approximate surface area is 210 Å². The van der Waals surface area contributed by atoms with Gasteiger partial charge in [0, 0.05) is 30.5 Å². The van der Waals surface area contributed by atoms with Crippen molar-refractivity contribution in [2.45, 2.75) is 43.4 Å². The number of aromatic nitrogens is 2. The number of aliphatic hydroxyl groups excluding tert-OH is 1. The zero-order chi connectivity index (χ0) is 26.7. The van der Waals surface area contributed by atoms with Gasteiger partial charge in [-0.3, -0.25) is 23.9 Å². The molecule has 2 heterocycles. The Morgan fingerprint density at radius 1 is 1.03 bits per heavy atom. The third kappa shape index (κ3) is 4.95. The molecule has 2 aromatic carbocycles. The number of carbonyl (C=O) groups excluding carboxylic acids is 2. The first-order valence-corrected chi connectivity index (χ1v) is 11.4. The monoisotopic (exact) mass is 510 g/mol. The molecule has 0 saturated carbocycles. The number of nitrogens with one attached hydrogen (secondary N) is 1. The Bertz CT molecular complexity index is 1370. The van der Waals surface area contributed by atoms with Gasteiger partial charge >= 0.3 is 5.69 Å². The van der Waals surface area contributed by atoms with E-state index in [-0.39, 0.29) is 11.1 Å². The smallest absolute Gasteiger partial charge is 0.330 e. The van der Waals surface area contributed by atoms with Crippen LogP contribution in [0.5, 0.6) is 0 Å². The Morgan fingerprint density at radius 3 is 2.19 bits per heavy atom. The minimum absolute atomic E-state index is 0.0473. The Kier molecular flexibility index (Phi) is 7.62. The molecule has 3 aromatic rings. The topological polar surface area (TPSA) is 157 Å². The molecule has 0 spiro atoms. The van der Waals surface area contributed by atoms with Gasteiger partial charge in [-0.2, -0.15) is 0 Å². The maximum absolute atomic E-state index is 13.8. The van der Waals surface area contributed by atoms with Gasteiger partial charge in [0.25, 0.3) is 5.56 Å². The van der Waals surface area contributed by atoms with Crippen molar-refractivity contribution >= 4 is 11.6 Å². The highest BCUT2D eigenvalue weighted by atomic mass is 16.7. The van der Waals surface area contributed by atoms with Crippen LogP contribution in [0.25, 0.3) is 0 Å². The average Bonchev–Trinajstić information content (AvgIpc) is 3.20. The minimum atomic E-state index is -2.67. The number of rotatable bonds is 9. The van der Waals surface area contributed by atoms with Crippen LogP contribution in [0.2, 0.25) is 0 Å². The molecule has 0 amide bonds. The molecule has 0 radical (unpaired) electrons. The number of hydrogen-bond acceptors (Lipinski definition) is 9. The SMILES string of the molecule is COC(C)O[C@H]1[C@H](n2ccc(=O)[nH]c2=O)O[C@H](C(O)C(=O)c2ccccc2)[C@]1(O)C(=O)c1ccccc1. The summed E-state index contributed by atoms with van der Waals surface area (Å²) in [6, 6.07) is 16.5. The molecule has 3 N–H and O–H groups in total. The van der Waals surface area contributed by atoms with Gasteiger partial charge in [-0.05, 0) is 6.92 Å². The first-order chi connectivity index (χ1) is 17.7. The average molecular weight is 510 g/mol. The van der Waals surface area contributed by atoms with E-state index in [1.54, 1.807) is 36.4 Å². The Hall–Kier alpha value is -3.74. The van der Waals surface area contributed by atoms with Gasteiger partial charge in [-0.1, -0.05) is 60.7 Å². The summed E-state index contributed by atoms with van der Waals surface area (Å²) in [6.45, 7) is 1.49. The standard InChI is InChI=1S/C26H26N2O9/c1-15(35-2)36-23-24(28-14-13-18(29)27-25(28)33)37-22(20(31)19(30)16-9-5-3-6-10-16)26(23,34)21(32)17-11-7-4-8-12-17/h3-15,20,22-24,31,34H,1-2H3,(H,27,29,33)/t15?,20?,22-,23+,24-,26-/m1/s1. The number of nitrogens with zero attached hydrogens (tertiary/aromatic N) is 1. The van der Waals surface area contributed by atoms with E-state index in [1.807, 2.05) is 0 Å². The Balaban J connectivity index is 1.88. The van der Waals surface area contributed by atoms with E-state index >= 15 is 0 Å². The third-order valence-corrected chi connectivity index (χ3v) is 6.22. The van der Waals surface area contributed by atoms with E-state index in [0.717, 1.165) is 16.8 Å². The maximum Gasteiger partial charge on any atom is 0.330 e. The summed E-state index contributed by atoms with van der Waals surface area (Å²) in [7, 11) is 1.32. The number of aromatic amines is 1. The number of aliphatic hydroxyl groups is 2. The van der Waals surface area contributed by atoms with Crippen LogP contribution in [0.15, 0.2) is 82.5 Å². The van der Waals surface area contributed by atoms with E-state index < -0.39 is 59.2 Å². The molecule has 2 unspecified atom stereocenters. The number of Topliss-reactive ketones (excluding diaryl/α,β-unsaturated/α-hetero) is 2. The van der Waals surface area contributed by atoms with Crippen LogP contribution in [0.1, 0.15) is 33.9 Å². The molecule has 1 aromatic heterocycles. The van der Waals surface area contributed by atoms with Gasteiger partial charge < -0.3 is 24.4 Å². The van der Waals surface area contributed by atoms with Gasteiger partial charge in [0.05, 0.1) is 0 Å². The van der Waals surface area contributed by atoms with Crippen molar-refractivity contribution in [3.05, 3.63) is 105 Å². The highest BCUT2D eigenvalue weighted by Crippen LogP contribution is 2.43. The maximum atomic E-state index is 13.8. The van der Waals surface area contributed by atoms with E-state index in [2.05, 4.69) is 4.98 Å². The molecule has 1 aliphatic rings. The fraction of sp³-hybridized carbons (Fsp3) is 0.308. The normalized spacial score (nSPS) is 24.9. The van der Waals surface area contributed by atoms with Crippen molar-refractivity contribution < 1.29 is 34.0 Å². The molecule has 0 bridgehead atoms. The van der Waals surface area contributed by atoms with Crippen LogP contribution in [-0.4, -0.2) is 68.6 Å². The number of H-pyrrole nitrogens is 1. The second-order valence-corrected chi connectivity index (χ2v) is 8.52. The number of ketones is 2. The van der Waals surface area contributed by atoms with Crippen LogP contribution in [0.3, 0.4) is 0 Å². The van der Waals surface area contributed by atoms with E-state index in [4.69, 9.17) is 14.2 Å². The fourth-order valence-electron chi connectivity index (χ4n) is 4.28. The molecular weight excluding hydrogens is 484 g/mol. The summed E-state index contributed by atoms with van der Waals surface area (Å²) in [6.07, 6.45) is -7.01. The largest absolute Gasteiger partial charge is 0.382 e. The number of methoxy groups -OCH3 is 1. The number of carbonyl (C=O) groups is 2. The lowest BCUT2D eigenvalue weighted by atomic mass is 9.80. The van der Waals surface area contributed by atoms with Gasteiger partial charge in [0.2, 0.25) is 0 Å². The van der Waals surface area contributed by atoms with Crippen molar-refractivity contribution in [1.29, 1.82) is 0 Å². The zero-order valence-electron chi connectivity index (χ0n) is 20.0. The lowest BCUT2D eigenvalue weighted by Gasteiger charge is -2.34. The van der Waals surface area contributed by atoms with E-state index in [9.17, 15) is 29.4 Å². The summed E-state index contributed by atoms with van der Waals surface area (Å²) in [5.41, 5.74) is -4.12. The fourth-order valence-corrected chi connectivity index (χ4v) is 4.28. The van der Waals surface area contributed by atoms with Gasteiger partial charge in [-0.25, -0.2) is 4.79 Å². The number of ether oxygens (including phenoxy) is 3. The molecule has 4 rings (SSSR count). The van der Waals surface area contributed by atoms with Crippen molar-refractivity contribution in [1.82, 2.24) is 9.55 Å². The first-order valence-electron chi connectivity index (χ1n) is 11.4. The Morgan fingerprint density at radius 2 is 1.62 bits per heavy atom. The summed E-state index contributed by atoms with van der Waals surface area (Å²) >= 11 is 0. The minimum Gasteiger partial charge on any atom is -0.382 e. The van der Waals surface area contributed by atoms with Crippen molar-refractivity contribution in [2.75, 3.05) is 7.11 Å². The molecule has 6 atom stereocenters. The predicted octanol–water partition coefficient (Wildman–Crippen LogP) is 0.669. The predicted molar refractivity (Wildman–Crippen MR) is 129 cm³/mol. The molecule has 1 saturated heterocycles. The summed E-state index contributed by atoms with van der Waals surface area (Å²) in [5.74, 6) is -1.73. The summed E-state index contributed by atoms with van der Waals surface area (Å²) in [4.78, 5) is 53.4. The van der Waals surface area contributed by atoms with Crippen molar-refractivity contribution in [2.24, 2.45) is 0 Å². The van der Waals surface area contributed by atoms with E-state index in [0.29, 0.717) is 0 Å². The second kappa shape index (κ2) is 10.7. The number of benzene rings is 2. The molecule has 194 valence electrons. The van der Waals surface area contributed by atoms with Crippen LogP contribution in [-0.2, 0) is 14.2 Å². The van der Waals surface area contributed by atoms with Crippen molar-refractivity contribution in [3.8, 4) is 0 Å². The lowest BCUT2D eigenvalue weighted by molar-refractivity contribution is -0.193. The molecule has 1 aliphatic heterocycles. The number of hydrogen-bond donors (Lipinski definition) is 3. The molecule has 37 heavy (non-hydrogen) atoms. The lowest BCUT2D eigenvalue weighted by Crippen LogP contribution is -2.60. The zero-order valence-corrected chi connectivity index (χ0v) is 20.0. The molecule has 0 aliphatic carbocycles. The van der Waals surface area contributed by atoms with Crippen molar-refractivity contribution in [3.63, 3.8) is 0 Å². The van der Waals surface area contributed by atoms with Gasteiger partial charge in [0.1, 0.15) is 18.3 Å². The first kappa shape index (κ1) is 26.3. The van der Waals surface area contributed by atoms with E-state index in [1.165, 1.54) is 38.3 Å². The van der Waals surface area contributed by atoms with Crippen LogP contribution in [0.4, 0.5) is 0 Å². The van der Waals surface area contributed by atoms with Gasteiger partial charge in [-0.15, -0.1) is 0 Å².